The average Bonchev–Trinajstić information content (AvgIpc) is 3.03. The first-order valence-electron chi connectivity index (χ1n) is 6.14. The van der Waals surface area contributed by atoms with Crippen LogP contribution in [-0.2, 0) is 14.8 Å². The Morgan fingerprint density at radius 3 is 2.41 bits per heavy atom. The van der Waals surface area contributed by atoms with Crippen molar-refractivity contribution < 1.29 is 13.2 Å². The Kier molecular flexibility index (Phi) is 2.05. The van der Waals surface area contributed by atoms with Gasteiger partial charge in [-0.3, -0.25) is 9.52 Å². The molecular weight excluding hydrogens is 240 g/mol. The lowest BCUT2D eigenvalue weighted by molar-refractivity contribution is -0.121. The molecule has 3 N–H and O–H groups in total. The van der Waals surface area contributed by atoms with Crippen molar-refractivity contribution in [1.82, 2.24) is 4.72 Å². The van der Waals surface area contributed by atoms with E-state index >= 15 is 0 Å². The van der Waals surface area contributed by atoms with Crippen molar-refractivity contribution in [3.63, 3.8) is 0 Å². The molecule has 5 nitrogen and oxygen atoms in total. The van der Waals surface area contributed by atoms with E-state index in [2.05, 4.69) is 4.72 Å². The molecule has 0 bridgehead atoms. The number of hydrogen-bond donors (Lipinski definition) is 2. The van der Waals surface area contributed by atoms with Gasteiger partial charge >= 0.3 is 0 Å². The third kappa shape index (κ3) is 1.69. The largest absolute Gasteiger partial charge is 0.317 e. The lowest BCUT2D eigenvalue weighted by atomic mass is 10.1. The van der Waals surface area contributed by atoms with E-state index in [1.54, 1.807) is 6.92 Å². The molecule has 0 spiro atoms. The third-order valence-corrected chi connectivity index (χ3v) is 6.66. The summed E-state index contributed by atoms with van der Waals surface area (Å²) < 4.78 is 25.2. The summed E-state index contributed by atoms with van der Waals surface area (Å²) in [5, 5.41) is 0. The molecule has 0 aromatic heterocycles. The van der Waals surface area contributed by atoms with Gasteiger partial charge in [0.1, 0.15) is 0 Å². The van der Waals surface area contributed by atoms with E-state index in [1.807, 2.05) is 0 Å². The molecule has 3 aliphatic rings. The predicted octanol–water partition coefficient (Wildman–Crippen LogP) is 0.112. The van der Waals surface area contributed by atoms with Gasteiger partial charge < -0.3 is 5.73 Å². The normalized spacial score (nSPS) is 38.6. The molecule has 0 saturated heterocycles. The van der Waals surface area contributed by atoms with Crippen LogP contribution in [0.3, 0.4) is 0 Å². The molecule has 3 fully saturated rings. The number of rotatable bonds is 4. The fourth-order valence-electron chi connectivity index (χ4n) is 2.44. The predicted molar refractivity (Wildman–Crippen MR) is 62.5 cm³/mol. The molecule has 17 heavy (non-hydrogen) atoms. The number of hydrogen-bond acceptors (Lipinski definition) is 4. The van der Waals surface area contributed by atoms with E-state index in [1.165, 1.54) is 0 Å². The van der Waals surface area contributed by atoms with E-state index < -0.39 is 26.2 Å². The van der Waals surface area contributed by atoms with Gasteiger partial charge in [0.15, 0.2) is 0 Å². The zero-order valence-electron chi connectivity index (χ0n) is 9.90. The molecule has 0 radical (unpaired) electrons. The second-order valence-electron chi connectivity index (χ2n) is 6.07. The minimum atomic E-state index is -3.54. The molecule has 2 atom stereocenters. The first kappa shape index (κ1) is 11.5. The average molecular weight is 258 g/mol. The van der Waals surface area contributed by atoms with Crippen LogP contribution in [0, 0.1) is 11.8 Å². The molecule has 3 saturated carbocycles. The molecule has 0 aromatic carbocycles. The van der Waals surface area contributed by atoms with Crippen molar-refractivity contribution in [2.45, 2.75) is 49.3 Å². The maximum atomic E-state index is 11.9. The van der Waals surface area contributed by atoms with Crippen LogP contribution in [0.5, 0.6) is 0 Å². The van der Waals surface area contributed by atoms with Gasteiger partial charge in [-0.25, -0.2) is 8.42 Å². The molecule has 3 rings (SSSR count). The molecule has 96 valence electrons. The van der Waals surface area contributed by atoms with Crippen LogP contribution >= 0.6 is 0 Å². The Balaban J connectivity index is 1.68. The van der Waals surface area contributed by atoms with Crippen LogP contribution in [0.2, 0.25) is 0 Å². The van der Waals surface area contributed by atoms with E-state index in [0.717, 1.165) is 12.8 Å². The minimum Gasteiger partial charge on any atom is -0.317 e. The van der Waals surface area contributed by atoms with E-state index in [9.17, 15) is 13.2 Å². The zero-order valence-corrected chi connectivity index (χ0v) is 10.7. The molecule has 0 heterocycles. The highest BCUT2D eigenvalue weighted by molar-refractivity contribution is 7.91. The van der Waals surface area contributed by atoms with Crippen molar-refractivity contribution in [3.05, 3.63) is 0 Å². The molecule has 3 aliphatic carbocycles. The van der Waals surface area contributed by atoms with Gasteiger partial charge in [-0.15, -0.1) is 0 Å². The maximum absolute atomic E-state index is 11.9. The van der Waals surface area contributed by atoms with E-state index in [-0.39, 0.29) is 5.92 Å². The van der Waals surface area contributed by atoms with Crippen molar-refractivity contribution in [1.29, 1.82) is 0 Å². The number of nitrogens with two attached hydrogens (primary N) is 1. The summed E-state index contributed by atoms with van der Waals surface area (Å²) in [5.41, 5.74) is 5.05. The van der Waals surface area contributed by atoms with Crippen LogP contribution in [0.15, 0.2) is 0 Å². The summed E-state index contributed by atoms with van der Waals surface area (Å²) in [6.07, 6.45) is 4.14. The number of carbonyl (C=O) groups excluding carboxylic acids is 1. The van der Waals surface area contributed by atoms with Crippen molar-refractivity contribution >= 4 is 15.9 Å². The highest BCUT2D eigenvalue weighted by Gasteiger charge is 2.63. The lowest BCUT2D eigenvalue weighted by Crippen LogP contribution is -2.49. The second kappa shape index (κ2) is 3.03. The molecular formula is C11H18N2O3S. The Hall–Kier alpha value is -0.620. The fourth-order valence-corrected chi connectivity index (χ4v) is 3.76. The Morgan fingerprint density at radius 1 is 1.35 bits per heavy atom. The quantitative estimate of drug-likeness (QED) is 0.749. The maximum Gasteiger partial charge on any atom is 0.253 e. The smallest absolute Gasteiger partial charge is 0.253 e. The number of carbonyl (C=O) groups is 1. The molecule has 0 aliphatic heterocycles. The molecule has 1 unspecified atom stereocenters. The van der Waals surface area contributed by atoms with Gasteiger partial charge in [0.2, 0.25) is 10.0 Å². The topological polar surface area (TPSA) is 89.3 Å². The van der Waals surface area contributed by atoms with Crippen LogP contribution in [-0.4, -0.2) is 24.6 Å². The van der Waals surface area contributed by atoms with Crippen molar-refractivity contribution in [3.8, 4) is 0 Å². The highest BCUT2D eigenvalue weighted by Crippen LogP contribution is 2.56. The van der Waals surface area contributed by atoms with Crippen LogP contribution < -0.4 is 10.5 Å². The van der Waals surface area contributed by atoms with Crippen LogP contribution in [0.25, 0.3) is 0 Å². The summed E-state index contributed by atoms with van der Waals surface area (Å²) in [6.45, 7) is 1.66. The number of amides is 1. The molecule has 6 heteroatoms. The highest BCUT2D eigenvalue weighted by atomic mass is 32.2. The van der Waals surface area contributed by atoms with Crippen LogP contribution in [0.1, 0.15) is 39.0 Å². The van der Waals surface area contributed by atoms with Crippen molar-refractivity contribution in [2.75, 3.05) is 0 Å². The Bertz CT molecular complexity index is 479. The van der Waals surface area contributed by atoms with Gasteiger partial charge in [-0.05, 0) is 50.9 Å². The Morgan fingerprint density at radius 2 is 1.94 bits per heavy atom. The van der Waals surface area contributed by atoms with Crippen molar-refractivity contribution in [2.24, 2.45) is 17.6 Å². The molecule has 1 amide bonds. The zero-order chi connectivity index (χ0) is 12.5. The lowest BCUT2D eigenvalue weighted by Gasteiger charge is -2.16. The summed E-state index contributed by atoms with van der Waals surface area (Å²) >= 11 is 0. The number of sulfonamides is 1. The van der Waals surface area contributed by atoms with Gasteiger partial charge in [-0.1, -0.05) is 0 Å². The van der Waals surface area contributed by atoms with E-state index in [4.69, 9.17) is 5.73 Å². The summed E-state index contributed by atoms with van der Waals surface area (Å²) in [4.78, 5) is 11.9. The van der Waals surface area contributed by atoms with Gasteiger partial charge in [-0.2, -0.15) is 0 Å². The minimum absolute atomic E-state index is 0.199. The van der Waals surface area contributed by atoms with E-state index in [0.29, 0.717) is 25.2 Å². The molecule has 0 aromatic rings. The first-order chi connectivity index (χ1) is 7.79. The van der Waals surface area contributed by atoms with Gasteiger partial charge in [0.25, 0.3) is 5.91 Å². The summed E-state index contributed by atoms with van der Waals surface area (Å²) in [5.74, 6) is 0.247. The first-order valence-corrected chi connectivity index (χ1v) is 7.62. The third-order valence-electron chi connectivity index (χ3n) is 4.50. The summed E-state index contributed by atoms with van der Waals surface area (Å²) in [6, 6.07) is 0. The van der Waals surface area contributed by atoms with Gasteiger partial charge in [0, 0.05) is 0 Å². The Labute approximate surface area is 101 Å². The second-order valence-corrected chi connectivity index (χ2v) is 8.27. The number of nitrogens with one attached hydrogen (secondary N) is 1. The van der Waals surface area contributed by atoms with Crippen LogP contribution in [0.4, 0.5) is 0 Å². The SMILES string of the molecule is CC1(S(=O)(=O)NC(=O)C2(N)C[C@H]2C2CC2)CC1. The fraction of sp³-hybridized carbons (Fsp3) is 0.909. The monoisotopic (exact) mass is 258 g/mol. The van der Waals surface area contributed by atoms with Gasteiger partial charge in [0.05, 0.1) is 10.3 Å². The summed E-state index contributed by atoms with van der Waals surface area (Å²) in [7, 11) is -3.54. The standard InChI is InChI=1S/C11H18N2O3S/c1-10(4-5-10)17(15,16)13-9(14)11(12)6-8(11)7-2-3-7/h7-8H,2-6,12H2,1H3,(H,13,14)/t8-,11?/m0/s1.